The Morgan fingerprint density at radius 1 is 1.29 bits per heavy atom. The second-order valence-electron chi connectivity index (χ2n) is 4.96. The highest BCUT2D eigenvalue weighted by atomic mass is 16.4. The van der Waals surface area contributed by atoms with Crippen LogP contribution in [0.3, 0.4) is 0 Å². The number of hydrogen-bond acceptors (Lipinski definition) is 3. The lowest BCUT2D eigenvalue weighted by Gasteiger charge is -2.23. The number of urea groups is 1. The molecule has 0 saturated heterocycles. The monoisotopic (exact) mass is 291 g/mol. The minimum Gasteiger partial charge on any atom is -0.478 e. The topological polar surface area (TPSA) is 90.0 Å². The Morgan fingerprint density at radius 2 is 1.95 bits per heavy atom. The normalized spacial score (nSPS) is 12.8. The highest BCUT2D eigenvalue weighted by Gasteiger charge is 2.26. The third-order valence-corrected chi connectivity index (χ3v) is 3.43. The van der Waals surface area contributed by atoms with E-state index in [0.29, 0.717) is 13.1 Å². The van der Waals surface area contributed by atoms with Crippen molar-refractivity contribution in [2.45, 2.75) is 13.1 Å². The zero-order valence-electron chi connectivity index (χ0n) is 11.9. The molecule has 1 aromatic carbocycles. The van der Waals surface area contributed by atoms with Gasteiger partial charge in [-0.05, 0) is 23.3 Å². The summed E-state index contributed by atoms with van der Waals surface area (Å²) in [5.74, 6) is -1.23. The average molecular weight is 291 g/mol. The Hall–Kier alpha value is -2.57. The van der Waals surface area contributed by atoms with Gasteiger partial charge in [0.2, 0.25) is 5.91 Å². The smallest absolute Gasteiger partial charge is 0.335 e. The number of carboxylic acid groups (broad SMARTS) is 1. The second-order valence-corrected chi connectivity index (χ2v) is 4.96. The van der Waals surface area contributed by atoms with Crippen molar-refractivity contribution < 1.29 is 19.5 Å². The van der Waals surface area contributed by atoms with Gasteiger partial charge >= 0.3 is 12.0 Å². The number of likely N-dealkylation sites (N-methyl/N-ethyl adjacent to an activating group) is 2. The van der Waals surface area contributed by atoms with Crippen LogP contribution in [-0.4, -0.2) is 53.5 Å². The molecule has 112 valence electrons. The van der Waals surface area contributed by atoms with Crippen LogP contribution < -0.4 is 5.32 Å². The van der Waals surface area contributed by atoms with E-state index in [0.717, 1.165) is 11.1 Å². The van der Waals surface area contributed by atoms with Gasteiger partial charge in [0, 0.05) is 27.2 Å². The van der Waals surface area contributed by atoms with Crippen LogP contribution in [-0.2, 0) is 17.9 Å². The van der Waals surface area contributed by atoms with E-state index in [4.69, 9.17) is 5.11 Å². The van der Waals surface area contributed by atoms with Crippen molar-refractivity contribution in [2.75, 3.05) is 20.6 Å². The Bertz CT molecular complexity index is 600. The standard InChI is InChI=1S/C14H17N3O4/c1-15-12(18)8-16(2)14(21)17-6-10-4-3-9(13(19)20)5-11(10)7-17/h3-5H,6-8H2,1-2H3,(H,15,18)(H,19,20). The largest absolute Gasteiger partial charge is 0.478 e. The van der Waals surface area contributed by atoms with Gasteiger partial charge in [-0.2, -0.15) is 0 Å². The van der Waals surface area contributed by atoms with Crippen molar-refractivity contribution in [1.29, 1.82) is 0 Å². The minimum atomic E-state index is -0.987. The number of benzene rings is 1. The SMILES string of the molecule is CNC(=O)CN(C)C(=O)N1Cc2ccc(C(=O)O)cc2C1. The molecule has 0 spiro atoms. The number of carbonyl (C=O) groups is 3. The molecule has 21 heavy (non-hydrogen) atoms. The van der Waals surface area contributed by atoms with E-state index < -0.39 is 5.97 Å². The molecule has 2 N–H and O–H groups in total. The number of nitrogens with one attached hydrogen (secondary N) is 1. The molecule has 0 aromatic heterocycles. The summed E-state index contributed by atoms with van der Waals surface area (Å²) >= 11 is 0. The summed E-state index contributed by atoms with van der Waals surface area (Å²) in [7, 11) is 3.07. The van der Waals surface area contributed by atoms with Crippen LogP contribution in [0.1, 0.15) is 21.5 Å². The molecule has 0 unspecified atom stereocenters. The number of hydrogen-bond donors (Lipinski definition) is 2. The highest BCUT2D eigenvalue weighted by Crippen LogP contribution is 2.24. The molecule has 0 radical (unpaired) electrons. The van der Waals surface area contributed by atoms with Crippen LogP contribution in [0.4, 0.5) is 4.79 Å². The molecule has 7 heteroatoms. The molecule has 3 amide bonds. The van der Waals surface area contributed by atoms with Gasteiger partial charge in [0.25, 0.3) is 0 Å². The van der Waals surface area contributed by atoms with E-state index >= 15 is 0 Å². The maximum atomic E-state index is 12.2. The van der Waals surface area contributed by atoms with E-state index in [1.165, 1.54) is 18.0 Å². The van der Waals surface area contributed by atoms with Gasteiger partial charge in [0.1, 0.15) is 6.54 Å². The van der Waals surface area contributed by atoms with Crippen LogP contribution >= 0.6 is 0 Å². The summed E-state index contributed by atoms with van der Waals surface area (Å²) < 4.78 is 0. The lowest BCUT2D eigenvalue weighted by molar-refractivity contribution is -0.121. The first-order valence-electron chi connectivity index (χ1n) is 6.48. The fourth-order valence-corrected chi connectivity index (χ4v) is 2.27. The lowest BCUT2D eigenvalue weighted by atomic mass is 10.1. The number of fused-ring (bicyclic) bond motifs is 1. The van der Waals surface area contributed by atoms with Gasteiger partial charge in [-0.15, -0.1) is 0 Å². The first-order valence-corrected chi connectivity index (χ1v) is 6.48. The second kappa shape index (κ2) is 5.82. The summed E-state index contributed by atoms with van der Waals surface area (Å²) in [4.78, 5) is 37.4. The molecule has 0 bridgehead atoms. The van der Waals surface area contributed by atoms with E-state index in [2.05, 4.69) is 5.32 Å². The van der Waals surface area contributed by atoms with Crippen LogP contribution in [0.15, 0.2) is 18.2 Å². The molecule has 0 fully saturated rings. The minimum absolute atomic E-state index is 0.0114. The summed E-state index contributed by atoms with van der Waals surface area (Å²) in [5, 5.41) is 11.4. The van der Waals surface area contributed by atoms with Crippen molar-refractivity contribution in [1.82, 2.24) is 15.1 Å². The predicted octanol–water partition coefficient (Wildman–Crippen LogP) is 0.498. The predicted molar refractivity (Wildman–Crippen MR) is 74.7 cm³/mol. The molecular weight excluding hydrogens is 274 g/mol. The van der Waals surface area contributed by atoms with Gasteiger partial charge in [0.05, 0.1) is 5.56 Å². The summed E-state index contributed by atoms with van der Waals surface area (Å²) in [6.45, 7) is 0.766. The summed E-state index contributed by atoms with van der Waals surface area (Å²) in [5.41, 5.74) is 1.97. The molecule has 2 rings (SSSR count). The maximum Gasteiger partial charge on any atom is 0.335 e. The Balaban J connectivity index is 2.07. The number of carboxylic acids is 1. The number of nitrogens with zero attached hydrogens (tertiary/aromatic N) is 2. The fourth-order valence-electron chi connectivity index (χ4n) is 2.27. The van der Waals surface area contributed by atoms with E-state index in [1.807, 2.05) is 0 Å². The Labute approximate surface area is 122 Å². The third-order valence-electron chi connectivity index (χ3n) is 3.43. The molecular formula is C14H17N3O4. The Morgan fingerprint density at radius 3 is 2.57 bits per heavy atom. The van der Waals surface area contributed by atoms with Crippen LogP contribution in [0.5, 0.6) is 0 Å². The molecule has 1 heterocycles. The molecule has 0 saturated carbocycles. The van der Waals surface area contributed by atoms with Crippen LogP contribution in [0.2, 0.25) is 0 Å². The fraction of sp³-hybridized carbons (Fsp3) is 0.357. The van der Waals surface area contributed by atoms with E-state index in [1.54, 1.807) is 24.1 Å². The molecule has 1 aliphatic rings. The molecule has 7 nitrogen and oxygen atoms in total. The van der Waals surface area contributed by atoms with Crippen LogP contribution in [0.25, 0.3) is 0 Å². The van der Waals surface area contributed by atoms with Gasteiger partial charge in [-0.1, -0.05) is 6.07 Å². The summed E-state index contributed by atoms with van der Waals surface area (Å²) in [6.07, 6.45) is 0. The van der Waals surface area contributed by atoms with Crippen molar-refractivity contribution in [3.8, 4) is 0 Å². The van der Waals surface area contributed by atoms with E-state index in [9.17, 15) is 14.4 Å². The van der Waals surface area contributed by atoms with Gasteiger partial charge < -0.3 is 20.2 Å². The zero-order chi connectivity index (χ0) is 15.6. The van der Waals surface area contributed by atoms with Crippen molar-refractivity contribution in [2.24, 2.45) is 0 Å². The van der Waals surface area contributed by atoms with Crippen molar-refractivity contribution in [3.63, 3.8) is 0 Å². The highest BCUT2D eigenvalue weighted by molar-refractivity contribution is 5.88. The first-order chi connectivity index (χ1) is 9.92. The number of amides is 3. The molecule has 1 aliphatic heterocycles. The van der Waals surface area contributed by atoms with Crippen molar-refractivity contribution in [3.05, 3.63) is 34.9 Å². The van der Waals surface area contributed by atoms with E-state index in [-0.39, 0.29) is 24.0 Å². The van der Waals surface area contributed by atoms with Gasteiger partial charge in [-0.3, -0.25) is 4.79 Å². The van der Waals surface area contributed by atoms with Gasteiger partial charge in [0.15, 0.2) is 0 Å². The molecule has 0 atom stereocenters. The average Bonchev–Trinajstić information content (AvgIpc) is 2.88. The zero-order valence-corrected chi connectivity index (χ0v) is 11.9. The number of aromatic carboxylic acids is 1. The van der Waals surface area contributed by atoms with Crippen molar-refractivity contribution >= 4 is 17.9 Å². The quantitative estimate of drug-likeness (QED) is 0.848. The molecule has 1 aromatic rings. The number of carbonyl (C=O) groups excluding carboxylic acids is 2. The Kier molecular flexibility index (Phi) is 4.11. The number of rotatable bonds is 3. The third kappa shape index (κ3) is 3.13. The first kappa shape index (κ1) is 14.8. The summed E-state index contributed by atoms with van der Waals surface area (Å²) in [6, 6.07) is 4.59. The van der Waals surface area contributed by atoms with Gasteiger partial charge in [-0.25, -0.2) is 9.59 Å². The van der Waals surface area contributed by atoms with Crippen LogP contribution in [0, 0.1) is 0 Å². The maximum absolute atomic E-state index is 12.2. The molecule has 0 aliphatic carbocycles. The lowest BCUT2D eigenvalue weighted by Crippen LogP contribution is -2.43.